The molecule has 0 aliphatic rings. The summed E-state index contributed by atoms with van der Waals surface area (Å²) in [6.45, 7) is 3.82. The van der Waals surface area contributed by atoms with Gasteiger partial charge >= 0.3 is 0 Å². The predicted molar refractivity (Wildman–Crippen MR) is 85.3 cm³/mol. The summed E-state index contributed by atoms with van der Waals surface area (Å²) in [7, 11) is -3.65. The topological polar surface area (TPSA) is 72.2 Å². The number of halogens is 1. The number of nitrogens with two attached hydrogens (primary N) is 1. The molecule has 0 heterocycles. The molecule has 2 aromatic carbocycles. The summed E-state index contributed by atoms with van der Waals surface area (Å²) in [4.78, 5) is 0.159. The molecule has 0 amide bonds. The van der Waals surface area contributed by atoms with Crippen molar-refractivity contribution in [2.24, 2.45) is 0 Å². The number of nitrogen functional groups attached to an aromatic ring is 1. The second-order valence-corrected chi connectivity index (χ2v) is 7.12. The number of aryl methyl sites for hydroxylation is 2. The summed E-state index contributed by atoms with van der Waals surface area (Å²) in [6, 6.07) is 10.1. The molecule has 20 heavy (non-hydrogen) atoms. The Hall–Kier alpha value is -1.53. The molecule has 3 N–H and O–H groups in total. The largest absolute Gasteiger partial charge is 0.399 e. The van der Waals surface area contributed by atoms with Crippen molar-refractivity contribution in [1.82, 2.24) is 0 Å². The second kappa shape index (κ2) is 5.46. The van der Waals surface area contributed by atoms with Gasteiger partial charge in [-0.15, -0.1) is 0 Å². The van der Waals surface area contributed by atoms with E-state index < -0.39 is 10.0 Å². The zero-order valence-electron chi connectivity index (χ0n) is 11.1. The van der Waals surface area contributed by atoms with Crippen molar-refractivity contribution in [2.45, 2.75) is 18.7 Å². The Morgan fingerprint density at radius 1 is 1.10 bits per heavy atom. The minimum absolute atomic E-state index is 0.159. The normalized spacial score (nSPS) is 11.3. The van der Waals surface area contributed by atoms with E-state index in [4.69, 9.17) is 5.73 Å². The van der Waals surface area contributed by atoms with Gasteiger partial charge in [0, 0.05) is 10.2 Å². The smallest absolute Gasteiger partial charge is 0.263 e. The lowest BCUT2D eigenvalue weighted by atomic mass is 10.1. The van der Waals surface area contributed by atoms with Crippen LogP contribution in [0.1, 0.15) is 11.1 Å². The van der Waals surface area contributed by atoms with Crippen LogP contribution in [0.5, 0.6) is 0 Å². The van der Waals surface area contributed by atoms with Crippen LogP contribution in [-0.2, 0) is 10.0 Å². The van der Waals surface area contributed by atoms with Crippen LogP contribution in [0.3, 0.4) is 0 Å². The summed E-state index contributed by atoms with van der Waals surface area (Å²) in [6.07, 6.45) is 0. The van der Waals surface area contributed by atoms with E-state index in [-0.39, 0.29) is 4.90 Å². The van der Waals surface area contributed by atoms with E-state index in [1.165, 1.54) is 6.07 Å². The Bertz CT molecular complexity index is 758. The lowest BCUT2D eigenvalue weighted by molar-refractivity contribution is 0.600. The Morgan fingerprint density at radius 3 is 2.40 bits per heavy atom. The fourth-order valence-electron chi connectivity index (χ4n) is 1.86. The number of hydrogen-bond acceptors (Lipinski definition) is 3. The van der Waals surface area contributed by atoms with Gasteiger partial charge in [-0.3, -0.25) is 4.72 Å². The van der Waals surface area contributed by atoms with Crippen LogP contribution in [0.4, 0.5) is 11.4 Å². The van der Waals surface area contributed by atoms with Gasteiger partial charge in [0.05, 0.1) is 5.69 Å². The number of hydrogen-bond donors (Lipinski definition) is 2. The highest BCUT2D eigenvalue weighted by molar-refractivity contribution is 9.10. The van der Waals surface area contributed by atoms with E-state index in [1.54, 1.807) is 18.2 Å². The van der Waals surface area contributed by atoms with Crippen molar-refractivity contribution in [3.05, 3.63) is 52.0 Å². The summed E-state index contributed by atoms with van der Waals surface area (Å²) >= 11 is 3.23. The first kappa shape index (κ1) is 14.9. The van der Waals surface area contributed by atoms with E-state index in [9.17, 15) is 8.42 Å². The third-order valence-corrected chi connectivity index (χ3v) is 5.21. The fraction of sp³-hybridized carbons (Fsp3) is 0.143. The van der Waals surface area contributed by atoms with Gasteiger partial charge in [-0.25, -0.2) is 8.42 Å². The Kier molecular flexibility index (Phi) is 4.06. The van der Waals surface area contributed by atoms with E-state index in [0.717, 1.165) is 11.1 Å². The number of sulfonamides is 1. The zero-order chi connectivity index (χ0) is 14.9. The minimum Gasteiger partial charge on any atom is -0.399 e. The molecular weight excluding hydrogens is 340 g/mol. The predicted octanol–water partition coefficient (Wildman–Crippen LogP) is 3.45. The Labute approximate surface area is 127 Å². The van der Waals surface area contributed by atoms with E-state index in [2.05, 4.69) is 20.7 Å². The van der Waals surface area contributed by atoms with Gasteiger partial charge in [0.25, 0.3) is 10.0 Å². The van der Waals surface area contributed by atoms with Crippen LogP contribution in [0.15, 0.2) is 45.8 Å². The molecule has 0 bridgehead atoms. The molecule has 0 aliphatic heterocycles. The lowest BCUT2D eigenvalue weighted by Gasteiger charge is -2.12. The molecule has 2 aromatic rings. The molecule has 0 saturated heterocycles. The first-order valence-electron chi connectivity index (χ1n) is 5.95. The highest BCUT2D eigenvalue weighted by atomic mass is 79.9. The van der Waals surface area contributed by atoms with Crippen molar-refractivity contribution >= 4 is 37.3 Å². The third kappa shape index (κ3) is 3.13. The van der Waals surface area contributed by atoms with Crippen molar-refractivity contribution in [2.75, 3.05) is 10.5 Å². The number of anilines is 2. The quantitative estimate of drug-likeness (QED) is 0.829. The molecule has 0 atom stereocenters. The second-order valence-electron chi connectivity index (χ2n) is 4.61. The molecule has 106 valence electrons. The number of benzene rings is 2. The van der Waals surface area contributed by atoms with E-state index in [0.29, 0.717) is 15.8 Å². The summed E-state index contributed by atoms with van der Waals surface area (Å²) in [5.74, 6) is 0. The van der Waals surface area contributed by atoms with Crippen LogP contribution in [0.2, 0.25) is 0 Å². The van der Waals surface area contributed by atoms with Gasteiger partial charge in [-0.1, -0.05) is 17.7 Å². The molecule has 0 saturated carbocycles. The molecule has 0 unspecified atom stereocenters. The maximum Gasteiger partial charge on any atom is 0.263 e. The molecule has 6 heteroatoms. The molecule has 0 spiro atoms. The van der Waals surface area contributed by atoms with Crippen LogP contribution in [0.25, 0.3) is 0 Å². The Balaban J connectivity index is 2.41. The standard InChI is InChI=1S/C14H15BrN2O2S/c1-9-3-5-13(10(2)7-9)17-20(18,19)14-6-4-11(16)8-12(14)15/h3-8,17H,16H2,1-2H3. The van der Waals surface area contributed by atoms with Crippen molar-refractivity contribution in [3.63, 3.8) is 0 Å². The Morgan fingerprint density at radius 2 is 1.80 bits per heavy atom. The van der Waals surface area contributed by atoms with Gasteiger partial charge in [-0.05, 0) is 59.6 Å². The maximum absolute atomic E-state index is 12.4. The average Bonchev–Trinajstić information content (AvgIpc) is 2.32. The molecule has 0 radical (unpaired) electrons. The monoisotopic (exact) mass is 354 g/mol. The lowest BCUT2D eigenvalue weighted by Crippen LogP contribution is -2.14. The van der Waals surface area contributed by atoms with Gasteiger partial charge in [0.2, 0.25) is 0 Å². The number of rotatable bonds is 3. The highest BCUT2D eigenvalue weighted by Gasteiger charge is 2.18. The van der Waals surface area contributed by atoms with Crippen LogP contribution in [-0.4, -0.2) is 8.42 Å². The van der Waals surface area contributed by atoms with E-state index in [1.807, 2.05) is 26.0 Å². The highest BCUT2D eigenvalue weighted by Crippen LogP contribution is 2.27. The third-order valence-electron chi connectivity index (χ3n) is 2.87. The number of nitrogens with one attached hydrogen (secondary N) is 1. The van der Waals surface area contributed by atoms with Gasteiger partial charge in [0.1, 0.15) is 4.90 Å². The minimum atomic E-state index is -3.65. The molecule has 4 nitrogen and oxygen atoms in total. The summed E-state index contributed by atoms with van der Waals surface area (Å²) in [5, 5.41) is 0. The van der Waals surface area contributed by atoms with Crippen molar-refractivity contribution in [3.8, 4) is 0 Å². The first-order chi connectivity index (χ1) is 9.29. The van der Waals surface area contributed by atoms with Crippen molar-refractivity contribution < 1.29 is 8.42 Å². The maximum atomic E-state index is 12.4. The first-order valence-corrected chi connectivity index (χ1v) is 8.22. The average molecular weight is 355 g/mol. The molecular formula is C14H15BrN2O2S. The van der Waals surface area contributed by atoms with Crippen molar-refractivity contribution in [1.29, 1.82) is 0 Å². The zero-order valence-corrected chi connectivity index (χ0v) is 13.5. The molecule has 2 rings (SSSR count). The molecule has 0 aromatic heterocycles. The van der Waals surface area contributed by atoms with Gasteiger partial charge < -0.3 is 5.73 Å². The molecule has 0 aliphatic carbocycles. The SMILES string of the molecule is Cc1ccc(NS(=O)(=O)c2ccc(N)cc2Br)c(C)c1. The van der Waals surface area contributed by atoms with E-state index >= 15 is 0 Å². The van der Waals surface area contributed by atoms with Gasteiger partial charge in [0.15, 0.2) is 0 Å². The van der Waals surface area contributed by atoms with Crippen LogP contribution >= 0.6 is 15.9 Å². The molecule has 0 fully saturated rings. The van der Waals surface area contributed by atoms with Gasteiger partial charge in [-0.2, -0.15) is 0 Å². The van der Waals surface area contributed by atoms with Crippen LogP contribution in [0, 0.1) is 13.8 Å². The fourth-order valence-corrected chi connectivity index (χ4v) is 4.09. The van der Waals surface area contributed by atoms with Crippen LogP contribution < -0.4 is 10.5 Å². The summed E-state index contributed by atoms with van der Waals surface area (Å²) < 4.78 is 27.8. The summed E-state index contributed by atoms with van der Waals surface area (Å²) in [5.41, 5.74) is 8.65.